The van der Waals surface area contributed by atoms with Crippen LogP contribution in [0.4, 0.5) is 5.69 Å². The van der Waals surface area contributed by atoms with E-state index in [1.165, 1.54) is 5.56 Å². The molecule has 120 valence electrons. The first-order valence-corrected chi connectivity index (χ1v) is 8.06. The van der Waals surface area contributed by atoms with E-state index in [0.717, 1.165) is 31.6 Å². The summed E-state index contributed by atoms with van der Waals surface area (Å²) < 4.78 is 0. The van der Waals surface area contributed by atoms with Crippen molar-refractivity contribution in [3.05, 3.63) is 65.7 Å². The molecule has 2 aromatic carbocycles. The molecule has 4 nitrogen and oxygen atoms in total. The minimum Gasteiger partial charge on any atom is -0.395 e. The smallest absolute Gasteiger partial charge is 0.255 e. The molecule has 0 aliphatic carbocycles. The van der Waals surface area contributed by atoms with Crippen molar-refractivity contribution < 1.29 is 9.90 Å². The van der Waals surface area contributed by atoms with E-state index < -0.39 is 0 Å². The Kier molecular flexibility index (Phi) is 5.05. The van der Waals surface area contributed by atoms with Gasteiger partial charge in [-0.3, -0.25) is 9.69 Å². The number of aliphatic hydroxyl groups excluding tert-OH is 1. The van der Waals surface area contributed by atoms with Crippen LogP contribution in [-0.4, -0.2) is 35.1 Å². The van der Waals surface area contributed by atoms with E-state index in [0.29, 0.717) is 5.56 Å². The molecule has 1 fully saturated rings. The van der Waals surface area contributed by atoms with E-state index in [9.17, 15) is 9.90 Å². The summed E-state index contributed by atoms with van der Waals surface area (Å²) >= 11 is 0. The van der Waals surface area contributed by atoms with Gasteiger partial charge >= 0.3 is 0 Å². The number of carbonyl (C=O) groups excluding carboxylic acids is 1. The number of aliphatic hydroxyl groups is 1. The summed E-state index contributed by atoms with van der Waals surface area (Å²) in [4.78, 5) is 14.5. The maximum absolute atomic E-state index is 12.2. The minimum absolute atomic E-state index is 0.0999. The van der Waals surface area contributed by atoms with Gasteiger partial charge in [0.05, 0.1) is 6.61 Å². The zero-order valence-electron chi connectivity index (χ0n) is 13.1. The Bertz CT molecular complexity index is 640. The first-order chi connectivity index (χ1) is 11.3. The van der Waals surface area contributed by atoms with Crippen LogP contribution in [0, 0.1) is 0 Å². The number of hydrogen-bond donors (Lipinski definition) is 2. The molecule has 1 heterocycles. The van der Waals surface area contributed by atoms with Gasteiger partial charge in [0.2, 0.25) is 0 Å². The van der Waals surface area contributed by atoms with Crippen molar-refractivity contribution in [3.8, 4) is 0 Å². The molecule has 1 amide bonds. The number of hydrogen-bond acceptors (Lipinski definition) is 3. The molecule has 1 aliphatic heterocycles. The number of benzene rings is 2. The van der Waals surface area contributed by atoms with Gasteiger partial charge in [-0.2, -0.15) is 0 Å². The third-order valence-electron chi connectivity index (χ3n) is 4.34. The van der Waals surface area contributed by atoms with Gasteiger partial charge in [0.25, 0.3) is 5.91 Å². The highest BCUT2D eigenvalue weighted by Crippen LogP contribution is 2.20. The number of para-hydroxylation sites is 1. The molecule has 0 unspecified atom stereocenters. The molecule has 0 saturated carbocycles. The van der Waals surface area contributed by atoms with Gasteiger partial charge in [-0.25, -0.2) is 0 Å². The second-order valence-corrected chi connectivity index (χ2v) is 5.97. The summed E-state index contributed by atoms with van der Waals surface area (Å²) in [6, 6.07) is 17.4. The van der Waals surface area contributed by atoms with Crippen LogP contribution in [0.2, 0.25) is 0 Å². The van der Waals surface area contributed by atoms with Crippen molar-refractivity contribution in [1.82, 2.24) is 4.90 Å². The lowest BCUT2D eigenvalue weighted by molar-refractivity contribution is 0.102. The number of amides is 1. The minimum atomic E-state index is -0.0999. The van der Waals surface area contributed by atoms with Crippen LogP contribution in [0.25, 0.3) is 0 Å². The van der Waals surface area contributed by atoms with Crippen LogP contribution in [0.3, 0.4) is 0 Å². The van der Waals surface area contributed by atoms with Crippen LogP contribution < -0.4 is 5.32 Å². The standard InChI is InChI=1S/C19H22N2O2/c22-14-18-7-4-12-21(18)13-15-8-10-16(11-9-15)19(23)20-17-5-2-1-3-6-17/h1-3,5-6,8-11,18,22H,4,7,12-14H2,(H,20,23)/t18-/m1/s1. The fourth-order valence-corrected chi connectivity index (χ4v) is 3.03. The largest absolute Gasteiger partial charge is 0.395 e. The summed E-state index contributed by atoms with van der Waals surface area (Å²) in [5.74, 6) is -0.0999. The predicted octanol–water partition coefficient (Wildman–Crippen LogP) is 2.90. The third kappa shape index (κ3) is 3.97. The Labute approximate surface area is 136 Å². The number of rotatable bonds is 5. The maximum Gasteiger partial charge on any atom is 0.255 e. The van der Waals surface area contributed by atoms with E-state index in [1.54, 1.807) is 0 Å². The number of nitrogens with one attached hydrogen (secondary N) is 1. The molecule has 0 spiro atoms. The zero-order valence-corrected chi connectivity index (χ0v) is 13.1. The Morgan fingerprint density at radius 3 is 2.57 bits per heavy atom. The van der Waals surface area contributed by atoms with Crippen molar-refractivity contribution in [1.29, 1.82) is 0 Å². The summed E-state index contributed by atoms with van der Waals surface area (Å²) in [5.41, 5.74) is 2.61. The zero-order chi connectivity index (χ0) is 16.1. The molecule has 23 heavy (non-hydrogen) atoms. The van der Waals surface area contributed by atoms with Crippen LogP contribution in [0.15, 0.2) is 54.6 Å². The van der Waals surface area contributed by atoms with E-state index in [1.807, 2.05) is 54.6 Å². The van der Waals surface area contributed by atoms with Gasteiger partial charge in [-0.1, -0.05) is 30.3 Å². The summed E-state index contributed by atoms with van der Waals surface area (Å²) in [6.07, 6.45) is 2.21. The van der Waals surface area contributed by atoms with E-state index >= 15 is 0 Å². The molecule has 0 aromatic heterocycles. The van der Waals surface area contributed by atoms with Crippen molar-refractivity contribution in [2.24, 2.45) is 0 Å². The van der Waals surface area contributed by atoms with Gasteiger partial charge in [0, 0.05) is 23.8 Å². The van der Waals surface area contributed by atoms with Crippen LogP contribution >= 0.6 is 0 Å². The van der Waals surface area contributed by atoms with Crippen molar-refractivity contribution in [2.75, 3.05) is 18.5 Å². The molecular formula is C19H22N2O2. The number of carbonyl (C=O) groups is 1. The molecular weight excluding hydrogens is 288 g/mol. The van der Waals surface area contributed by atoms with Gasteiger partial charge in [-0.15, -0.1) is 0 Å². The van der Waals surface area contributed by atoms with Gasteiger partial charge in [-0.05, 0) is 49.2 Å². The van der Waals surface area contributed by atoms with Crippen molar-refractivity contribution in [3.63, 3.8) is 0 Å². The molecule has 1 atom stereocenters. The first-order valence-electron chi connectivity index (χ1n) is 8.06. The number of anilines is 1. The molecule has 4 heteroatoms. The molecule has 0 radical (unpaired) electrons. The average molecular weight is 310 g/mol. The van der Waals surface area contributed by atoms with E-state index in [4.69, 9.17) is 0 Å². The summed E-state index contributed by atoms with van der Waals surface area (Å²) in [7, 11) is 0. The molecule has 0 bridgehead atoms. The second kappa shape index (κ2) is 7.40. The van der Waals surface area contributed by atoms with E-state index in [2.05, 4.69) is 10.2 Å². The first kappa shape index (κ1) is 15.7. The van der Waals surface area contributed by atoms with E-state index in [-0.39, 0.29) is 18.6 Å². The molecule has 1 saturated heterocycles. The van der Waals surface area contributed by atoms with Crippen molar-refractivity contribution >= 4 is 11.6 Å². The quantitative estimate of drug-likeness (QED) is 0.893. The fraction of sp³-hybridized carbons (Fsp3) is 0.316. The van der Waals surface area contributed by atoms with Crippen LogP contribution in [0.5, 0.6) is 0 Å². The molecule has 1 aliphatic rings. The average Bonchev–Trinajstić information content (AvgIpc) is 3.03. The van der Waals surface area contributed by atoms with Gasteiger partial charge in [0.15, 0.2) is 0 Å². The molecule has 3 rings (SSSR count). The van der Waals surface area contributed by atoms with Gasteiger partial charge in [0.1, 0.15) is 0 Å². The van der Waals surface area contributed by atoms with Gasteiger partial charge < -0.3 is 10.4 Å². The fourth-order valence-electron chi connectivity index (χ4n) is 3.03. The lowest BCUT2D eigenvalue weighted by Gasteiger charge is -2.22. The van der Waals surface area contributed by atoms with Crippen molar-refractivity contribution in [2.45, 2.75) is 25.4 Å². The highest BCUT2D eigenvalue weighted by atomic mass is 16.3. The Balaban J connectivity index is 1.61. The highest BCUT2D eigenvalue weighted by Gasteiger charge is 2.23. The normalized spacial score (nSPS) is 18.0. The third-order valence-corrected chi connectivity index (χ3v) is 4.34. The van der Waals surface area contributed by atoms with Crippen LogP contribution in [0.1, 0.15) is 28.8 Å². The second-order valence-electron chi connectivity index (χ2n) is 5.97. The Morgan fingerprint density at radius 1 is 1.13 bits per heavy atom. The predicted molar refractivity (Wildman–Crippen MR) is 91.4 cm³/mol. The Morgan fingerprint density at radius 2 is 1.87 bits per heavy atom. The topological polar surface area (TPSA) is 52.6 Å². The molecule has 2 N–H and O–H groups in total. The lowest BCUT2D eigenvalue weighted by atomic mass is 10.1. The lowest BCUT2D eigenvalue weighted by Crippen LogP contribution is -2.31. The summed E-state index contributed by atoms with van der Waals surface area (Å²) in [5, 5.41) is 12.3. The van der Waals surface area contributed by atoms with Crippen LogP contribution in [-0.2, 0) is 6.54 Å². The Hall–Kier alpha value is -2.17. The monoisotopic (exact) mass is 310 g/mol. The summed E-state index contributed by atoms with van der Waals surface area (Å²) in [6.45, 7) is 2.07. The number of likely N-dealkylation sites (tertiary alicyclic amines) is 1. The SMILES string of the molecule is O=C(Nc1ccccc1)c1ccc(CN2CCC[C@@H]2CO)cc1. The maximum atomic E-state index is 12.2. The molecule has 2 aromatic rings. The number of nitrogens with zero attached hydrogens (tertiary/aromatic N) is 1. The highest BCUT2D eigenvalue weighted by molar-refractivity contribution is 6.04.